The van der Waals surface area contributed by atoms with Crippen LogP contribution in [0.5, 0.6) is 0 Å². The SMILES string of the molecule is CCOC(=O)CN1C(=O)[C@@H](Cc2c[nH]c3ccccc23)N=C(c2ccccc2F)c2ccccc21. The molecule has 0 radical (unpaired) electrons. The number of nitrogens with zero attached hydrogens (tertiary/aromatic N) is 2. The predicted molar refractivity (Wildman–Crippen MR) is 133 cm³/mol. The molecule has 0 saturated heterocycles. The van der Waals surface area contributed by atoms with Crippen molar-refractivity contribution in [1.29, 1.82) is 0 Å². The smallest absolute Gasteiger partial charge is 0.326 e. The molecule has 6 nitrogen and oxygen atoms in total. The number of hydrogen-bond donors (Lipinski definition) is 1. The van der Waals surface area contributed by atoms with Crippen LogP contribution in [0.25, 0.3) is 10.9 Å². The van der Waals surface area contributed by atoms with Crippen molar-refractivity contribution in [1.82, 2.24) is 4.98 Å². The van der Waals surface area contributed by atoms with E-state index in [1.807, 2.05) is 36.5 Å². The maximum atomic E-state index is 15.0. The van der Waals surface area contributed by atoms with Crippen LogP contribution in [0.4, 0.5) is 10.1 Å². The second-order valence-electron chi connectivity index (χ2n) is 8.28. The Morgan fingerprint density at radius 2 is 1.74 bits per heavy atom. The van der Waals surface area contributed by atoms with Crippen LogP contribution in [0.3, 0.4) is 0 Å². The van der Waals surface area contributed by atoms with Crippen LogP contribution in [0.1, 0.15) is 23.6 Å². The molecule has 35 heavy (non-hydrogen) atoms. The first-order valence-corrected chi connectivity index (χ1v) is 11.5. The molecule has 1 N–H and O–H groups in total. The van der Waals surface area contributed by atoms with Gasteiger partial charge in [0.1, 0.15) is 18.4 Å². The summed E-state index contributed by atoms with van der Waals surface area (Å²) in [7, 11) is 0. The van der Waals surface area contributed by atoms with Crippen LogP contribution in [-0.2, 0) is 20.7 Å². The van der Waals surface area contributed by atoms with Crippen LogP contribution in [0, 0.1) is 5.82 Å². The number of anilines is 1. The van der Waals surface area contributed by atoms with E-state index in [2.05, 4.69) is 4.98 Å². The number of halogens is 1. The Kier molecular flexibility index (Phi) is 6.14. The number of rotatable bonds is 6. The van der Waals surface area contributed by atoms with Crippen molar-refractivity contribution in [2.45, 2.75) is 19.4 Å². The number of benzene rings is 3. The molecule has 0 aliphatic carbocycles. The van der Waals surface area contributed by atoms with E-state index in [-0.39, 0.29) is 25.5 Å². The first kappa shape index (κ1) is 22.5. The Morgan fingerprint density at radius 3 is 2.54 bits per heavy atom. The highest BCUT2D eigenvalue weighted by Crippen LogP contribution is 2.31. The highest BCUT2D eigenvalue weighted by atomic mass is 19.1. The van der Waals surface area contributed by atoms with Crippen molar-refractivity contribution in [3.63, 3.8) is 0 Å². The zero-order valence-corrected chi connectivity index (χ0v) is 19.2. The summed E-state index contributed by atoms with van der Waals surface area (Å²) in [4.78, 5) is 35.8. The molecule has 7 heteroatoms. The van der Waals surface area contributed by atoms with Gasteiger partial charge in [0.25, 0.3) is 5.91 Å². The Morgan fingerprint density at radius 1 is 1.03 bits per heavy atom. The van der Waals surface area contributed by atoms with Crippen LogP contribution in [0.15, 0.2) is 84.0 Å². The summed E-state index contributed by atoms with van der Waals surface area (Å²) in [5.41, 5.74) is 3.62. The van der Waals surface area contributed by atoms with E-state index in [0.717, 1.165) is 16.5 Å². The van der Waals surface area contributed by atoms with Gasteiger partial charge in [-0.05, 0) is 36.8 Å². The lowest BCUT2D eigenvalue weighted by atomic mass is 9.99. The number of ether oxygens (including phenoxy) is 1. The predicted octanol–water partition coefficient (Wildman–Crippen LogP) is 4.67. The van der Waals surface area contributed by atoms with Crippen molar-refractivity contribution in [2.75, 3.05) is 18.1 Å². The maximum absolute atomic E-state index is 15.0. The summed E-state index contributed by atoms with van der Waals surface area (Å²) < 4.78 is 20.1. The second-order valence-corrected chi connectivity index (χ2v) is 8.28. The number of esters is 1. The van der Waals surface area contributed by atoms with Crippen LogP contribution in [0.2, 0.25) is 0 Å². The molecule has 5 rings (SSSR count). The minimum Gasteiger partial charge on any atom is -0.465 e. The molecule has 3 aromatic carbocycles. The Bertz CT molecular complexity index is 1440. The molecular formula is C28H24FN3O3. The van der Waals surface area contributed by atoms with Gasteiger partial charge < -0.3 is 9.72 Å². The van der Waals surface area contributed by atoms with Gasteiger partial charge in [0.05, 0.1) is 18.0 Å². The van der Waals surface area contributed by atoms with Gasteiger partial charge in [-0.15, -0.1) is 0 Å². The summed E-state index contributed by atoms with van der Waals surface area (Å²) >= 11 is 0. The molecule has 4 aromatic rings. The number of fused-ring (bicyclic) bond motifs is 2. The minimum atomic E-state index is -0.870. The number of nitrogens with one attached hydrogen (secondary N) is 1. The Labute approximate surface area is 202 Å². The maximum Gasteiger partial charge on any atom is 0.326 e. The van der Waals surface area contributed by atoms with E-state index in [0.29, 0.717) is 22.5 Å². The van der Waals surface area contributed by atoms with Crippen LogP contribution in [-0.4, -0.2) is 41.8 Å². The number of H-pyrrole nitrogens is 1. The number of para-hydroxylation sites is 2. The lowest BCUT2D eigenvalue weighted by molar-refractivity contribution is -0.142. The van der Waals surface area contributed by atoms with Crippen molar-refractivity contribution < 1.29 is 18.7 Å². The first-order chi connectivity index (χ1) is 17.1. The van der Waals surface area contributed by atoms with Gasteiger partial charge in [-0.3, -0.25) is 19.5 Å². The van der Waals surface area contributed by atoms with E-state index in [1.165, 1.54) is 11.0 Å². The first-order valence-electron chi connectivity index (χ1n) is 11.5. The summed E-state index contributed by atoms with van der Waals surface area (Å²) in [5, 5.41) is 0.988. The third-order valence-corrected chi connectivity index (χ3v) is 6.10. The fourth-order valence-corrected chi connectivity index (χ4v) is 4.50. The largest absolute Gasteiger partial charge is 0.465 e. The molecule has 2 heterocycles. The molecule has 1 aromatic heterocycles. The van der Waals surface area contributed by atoms with Crippen molar-refractivity contribution in [2.24, 2.45) is 4.99 Å². The normalized spacial score (nSPS) is 15.5. The second kappa shape index (κ2) is 9.54. The van der Waals surface area contributed by atoms with Crippen molar-refractivity contribution in [3.05, 3.63) is 102 Å². The summed E-state index contributed by atoms with van der Waals surface area (Å²) in [6, 6.07) is 20.5. The van der Waals surface area contributed by atoms with Gasteiger partial charge >= 0.3 is 5.97 Å². The number of aliphatic imine (C=N–C) groups is 1. The number of aromatic amines is 1. The molecule has 0 bridgehead atoms. The fraction of sp³-hybridized carbons (Fsp3) is 0.179. The summed E-state index contributed by atoms with van der Waals surface area (Å²) in [6.45, 7) is 1.67. The topological polar surface area (TPSA) is 74.8 Å². The average Bonchev–Trinajstić information content (AvgIpc) is 3.24. The summed E-state index contributed by atoms with van der Waals surface area (Å²) in [6.07, 6.45) is 2.15. The quantitative estimate of drug-likeness (QED) is 0.417. The molecule has 0 fully saturated rings. The molecule has 1 atom stereocenters. The van der Waals surface area contributed by atoms with Crippen molar-refractivity contribution >= 4 is 34.2 Å². The lowest BCUT2D eigenvalue weighted by Gasteiger charge is -2.24. The van der Waals surface area contributed by atoms with Crippen LogP contribution < -0.4 is 4.90 Å². The number of aromatic nitrogens is 1. The Hall–Kier alpha value is -4.26. The van der Waals surface area contributed by atoms with E-state index in [1.54, 1.807) is 43.3 Å². The zero-order chi connectivity index (χ0) is 24.4. The number of carbonyl (C=O) groups excluding carboxylic acids is 2. The van der Waals surface area contributed by atoms with Gasteiger partial charge in [-0.2, -0.15) is 0 Å². The van der Waals surface area contributed by atoms with E-state index in [4.69, 9.17) is 9.73 Å². The van der Waals surface area contributed by atoms with E-state index >= 15 is 0 Å². The number of amides is 1. The third kappa shape index (κ3) is 4.33. The standard InChI is InChI=1S/C28H24FN3O3/c1-2-35-26(33)17-32-25-14-8-5-11-21(25)27(20-10-3-6-12-22(20)29)31-24(28(32)34)15-18-16-30-23-13-7-4-9-19(18)23/h3-14,16,24,30H,2,15,17H2,1H3/t24-/m1/s1. The lowest BCUT2D eigenvalue weighted by Crippen LogP contribution is -2.42. The number of benzodiazepines with no additional fused rings is 1. The zero-order valence-electron chi connectivity index (χ0n) is 19.2. The monoisotopic (exact) mass is 469 g/mol. The number of hydrogen-bond acceptors (Lipinski definition) is 4. The molecule has 1 amide bonds. The average molecular weight is 470 g/mol. The van der Waals surface area contributed by atoms with Crippen molar-refractivity contribution in [3.8, 4) is 0 Å². The van der Waals surface area contributed by atoms with Crippen LogP contribution >= 0.6 is 0 Å². The third-order valence-electron chi connectivity index (χ3n) is 6.10. The van der Waals surface area contributed by atoms with Gasteiger partial charge in [0.2, 0.25) is 0 Å². The summed E-state index contributed by atoms with van der Waals surface area (Å²) in [5.74, 6) is -1.30. The fourth-order valence-electron chi connectivity index (χ4n) is 4.50. The molecule has 1 aliphatic rings. The molecule has 176 valence electrons. The molecule has 0 unspecified atom stereocenters. The highest BCUT2D eigenvalue weighted by Gasteiger charge is 2.34. The van der Waals surface area contributed by atoms with Gasteiger partial charge in [0, 0.05) is 34.6 Å². The van der Waals surface area contributed by atoms with Gasteiger partial charge in [-0.1, -0.05) is 48.5 Å². The molecule has 0 saturated carbocycles. The minimum absolute atomic E-state index is 0.207. The highest BCUT2D eigenvalue weighted by molar-refractivity contribution is 6.20. The molecular weight excluding hydrogens is 445 g/mol. The van der Waals surface area contributed by atoms with E-state index < -0.39 is 17.8 Å². The van der Waals surface area contributed by atoms with E-state index in [9.17, 15) is 14.0 Å². The van der Waals surface area contributed by atoms with Gasteiger partial charge in [-0.25, -0.2) is 4.39 Å². The Balaban J connectivity index is 1.66. The molecule has 1 aliphatic heterocycles. The number of carbonyl (C=O) groups is 2. The molecule has 0 spiro atoms. The van der Waals surface area contributed by atoms with Gasteiger partial charge in [0.15, 0.2) is 0 Å².